The summed E-state index contributed by atoms with van der Waals surface area (Å²) < 4.78 is 5.84. The summed E-state index contributed by atoms with van der Waals surface area (Å²) in [6.45, 7) is 8.08. The highest BCUT2D eigenvalue weighted by Crippen LogP contribution is 2.23. The third kappa shape index (κ3) is 4.57. The van der Waals surface area contributed by atoms with Gasteiger partial charge in [-0.15, -0.1) is 5.10 Å². The van der Waals surface area contributed by atoms with Gasteiger partial charge in [0.15, 0.2) is 5.69 Å². The number of aromatic amines is 1. The Morgan fingerprint density at radius 1 is 1.10 bits per heavy atom. The Morgan fingerprint density at radius 2 is 1.81 bits per heavy atom. The summed E-state index contributed by atoms with van der Waals surface area (Å²) in [6.07, 6.45) is 1.67. The SMILES string of the molecule is CC(C)(C)c1ccc(OCC2CCN(C(=O)c3n[nH]c(=O)c4ccccc34)CC2)nn1. The van der Waals surface area contributed by atoms with Gasteiger partial charge in [-0.3, -0.25) is 9.59 Å². The minimum absolute atomic E-state index is 0.0448. The molecular formula is C23H27N5O3. The third-order valence-corrected chi connectivity index (χ3v) is 5.68. The highest BCUT2D eigenvalue weighted by atomic mass is 16.5. The van der Waals surface area contributed by atoms with Crippen molar-refractivity contribution in [2.75, 3.05) is 19.7 Å². The first-order valence-corrected chi connectivity index (χ1v) is 10.6. The molecule has 0 radical (unpaired) electrons. The number of hydrogen-bond acceptors (Lipinski definition) is 6. The molecule has 1 amide bonds. The fourth-order valence-corrected chi connectivity index (χ4v) is 3.73. The molecular weight excluding hydrogens is 394 g/mol. The summed E-state index contributed by atoms with van der Waals surface area (Å²) in [5, 5.41) is 16.0. The molecule has 4 rings (SSSR count). The van der Waals surface area contributed by atoms with Crippen molar-refractivity contribution in [3.8, 4) is 5.88 Å². The number of rotatable bonds is 4. The molecule has 0 aliphatic carbocycles. The number of carbonyl (C=O) groups is 1. The summed E-state index contributed by atoms with van der Waals surface area (Å²) in [7, 11) is 0. The van der Waals surface area contributed by atoms with E-state index in [4.69, 9.17) is 4.74 Å². The van der Waals surface area contributed by atoms with E-state index in [9.17, 15) is 9.59 Å². The van der Waals surface area contributed by atoms with Crippen molar-refractivity contribution in [2.45, 2.75) is 39.0 Å². The number of benzene rings is 1. The summed E-state index contributed by atoms with van der Waals surface area (Å²) in [6, 6.07) is 10.9. The summed E-state index contributed by atoms with van der Waals surface area (Å²) in [4.78, 5) is 26.8. The Kier molecular flexibility index (Phi) is 5.71. The van der Waals surface area contributed by atoms with Gasteiger partial charge in [0.25, 0.3) is 11.5 Å². The van der Waals surface area contributed by atoms with Crippen LogP contribution < -0.4 is 10.3 Å². The number of aromatic nitrogens is 4. The number of piperidine rings is 1. The van der Waals surface area contributed by atoms with E-state index in [1.54, 1.807) is 29.2 Å². The monoisotopic (exact) mass is 421 g/mol. The second-order valence-electron chi connectivity index (χ2n) is 9.00. The first-order valence-electron chi connectivity index (χ1n) is 10.6. The Hall–Kier alpha value is -3.29. The van der Waals surface area contributed by atoms with Crippen LogP contribution in [0.25, 0.3) is 10.8 Å². The number of ether oxygens (including phenoxy) is 1. The number of H-pyrrole nitrogens is 1. The average Bonchev–Trinajstić information content (AvgIpc) is 2.78. The van der Waals surface area contributed by atoms with Crippen LogP contribution in [-0.4, -0.2) is 50.9 Å². The molecule has 3 aromatic rings. The van der Waals surface area contributed by atoms with Gasteiger partial charge in [0.05, 0.1) is 17.7 Å². The molecule has 1 aliphatic rings. The van der Waals surface area contributed by atoms with Gasteiger partial charge in [-0.25, -0.2) is 5.10 Å². The van der Waals surface area contributed by atoms with Crippen LogP contribution in [0.1, 0.15) is 49.8 Å². The first kappa shape index (κ1) is 21.0. The fraction of sp³-hybridized carbons (Fsp3) is 0.435. The van der Waals surface area contributed by atoms with Crippen molar-refractivity contribution in [3.63, 3.8) is 0 Å². The molecule has 31 heavy (non-hydrogen) atoms. The highest BCUT2D eigenvalue weighted by Gasteiger charge is 2.26. The molecule has 0 bridgehead atoms. The first-order chi connectivity index (χ1) is 14.8. The van der Waals surface area contributed by atoms with Gasteiger partial charge in [-0.2, -0.15) is 10.2 Å². The lowest BCUT2D eigenvalue weighted by molar-refractivity contribution is 0.0654. The van der Waals surface area contributed by atoms with Gasteiger partial charge in [0, 0.05) is 30.0 Å². The molecule has 8 nitrogen and oxygen atoms in total. The second-order valence-corrected chi connectivity index (χ2v) is 9.00. The topological polar surface area (TPSA) is 101 Å². The number of nitrogens with one attached hydrogen (secondary N) is 1. The molecule has 0 saturated carbocycles. The van der Waals surface area contributed by atoms with Gasteiger partial charge in [0.1, 0.15) is 0 Å². The predicted molar refractivity (Wildman–Crippen MR) is 117 cm³/mol. The lowest BCUT2D eigenvalue weighted by Crippen LogP contribution is -2.40. The normalized spacial score (nSPS) is 15.3. The Labute approximate surface area is 180 Å². The fourth-order valence-electron chi connectivity index (χ4n) is 3.73. The molecule has 162 valence electrons. The number of amides is 1. The van der Waals surface area contributed by atoms with Crippen LogP contribution in [0.2, 0.25) is 0 Å². The van der Waals surface area contributed by atoms with E-state index in [0.717, 1.165) is 18.5 Å². The van der Waals surface area contributed by atoms with Crippen molar-refractivity contribution in [1.29, 1.82) is 0 Å². The maximum absolute atomic E-state index is 13.0. The molecule has 3 heterocycles. The highest BCUT2D eigenvalue weighted by molar-refractivity contribution is 6.04. The summed E-state index contributed by atoms with van der Waals surface area (Å²) >= 11 is 0. The molecule has 0 unspecified atom stereocenters. The smallest absolute Gasteiger partial charge is 0.274 e. The zero-order valence-corrected chi connectivity index (χ0v) is 18.1. The van der Waals surface area contributed by atoms with E-state index >= 15 is 0 Å². The van der Waals surface area contributed by atoms with Crippen molar-refractivity contribution in [3.05, 3.63) is 58.1 Å². The summed E-state index contributed by atoms with van der Waals surface area (Å²) in [5.74, 6) is 0.708. The van der Waals surface area contributed by atoms with Crippen LogP contribution in [-0.2, 0) is 5.41 Å². The van der Waals surface area contributed by atoms with Crippen LogP contribution in [0.15, 0.2) is 41.2 Å². The number of nitrogens with zero attached hydrogens (tertiary/aromatic N) is 4. The van der Waals surface area contributed by atoms with Gasteiger partial charge >= 0.3 is 0 Å². The molecule has 0 atom stereocenters. The predicted octanol–water partition coefficient (Wildman–Crippen LogP) is 2.94. The molecule has 0 spiro atoms. The molecule has 1 N–H and O–H groups in total. The second kappa shape index (κ2) is 8.45. The van der Waals surface area contributed by atoms with Gasteiger partial charge in [0.2, 0.25) is 5.88 Å². The molecule has 1 fully saturated rings. The Morgan fingerprint density at radius 3 is 2.45 bits per heavy atom. The molecule has 1 aromatic carbocycles. The maximum atomic E-state index is 13.0. The van der Waals surface area contributed by atoms with E-state index in [1.165, 1.54) is 0 Å². The number of likely N-dealkylation sites (tertiary alicyclic amines) is 1. The number of fused-ring (bicyclic) bond motifs is 1. The average molecular weight is 422 g/mol. The van der Waals surface area contributed by atoms with Crippen LogP contribution in [0.4, 0.5) is 0 Å². The molecule has 8 heteroatoms. The third-order valence-electron chi connectivity index (χ3n) is 5.68. The van der Waals surface area contributed by atoms with Crippen LogP contribution in [0.3, 0.4) is 0 Å². The van der Waals surface area contributed by atoms with Crippen LogP contribution in [0, 0.1) is 5.92 Å². The van der Waals surface area contributed by atoms with Crippen molar-refractivity contribution in [1.82, 2.24) is 25.3 Å². The lowest BCUT2D eigenvalue weighted by atomic mass is 9.92. The molecule has 2 aromatic heterocycles. The summed E-state index contributed by atoms with van der Waals surface area (Å²) in [5.41, 5.74) is 0.882. The molecule has 1 aliphatic heterocycles. The lowest BCUT2D eigenvalue weighted by Gasteiger charge is -2.31. The largest absolute Gasteiger partial charge is 0.476 e. The van der Waals surface area contributed by atoms with Gasteiger partial charge < -0.3 is 9.64 Å². The zero-order valence-electron chi connectivity index (χ0n) is 18.1. The number of carbonyl (C=O) groups excluding carboxylic acids is 1. The standard InChI is InChI=1S/C23H27N5O3/c1-23(2,3)18-8-9-19(25-24-18)31-14-15-10-12-28(13-11-15)22(30)20-16-6-4-5-7-17(16)21(29)27-26-20/h4-9,15H,10-14H2,1-3H3,(H,27,29). The Bertz CT molecular complexity index is 1130. The van der Waals surface area contributed by atoms with E-state index in [2.05, 4.69) is 41.2 Å². The van der Waals surface area contributed by atoms with E-state index in [-0.39, 0.29) is 16.9 Å². The van der Waals surface area contributed by atoms with Crippen LogP contribution >= 0.6 is 0 Å². The maximum Gasteiger partial charge on any atom is 0.274 e. The number of hydrogen-bond donors (Lipinski definition) is 1. The quantitative estimate of drug-likeness (QED) is 0.695. The molecule has 1 saturated heterocycles. The van der Waals surface area contributed by atoms with E-state index in [1.807, 2.05) is 12.1 Å². The van der Waals surface area contributed by atoms with Crippen LogP contribution in [0.5, 0.6) is 5.88 Å². The van der Waals surface area contributed by atoms with Crippen molar-refractivity contribution < 1.29 is 9.53 Å². The minimum Gasteiger partial charge on any atom is -0.476 e. The van der Waals surface area contributed by atoms with E-state index in [0.29, 0.717) is 48.0 Å². The van der Waals surface area contributed by atoms with E-state index < -0.39 is 0 Å². The van der Waals surface area contributed by atoms with Gasteiger partial charge in [-0.1, -0.05) is 39.0 Å². The van der Waals surface area contributed by atoms with Crippen molar-refractivity contribution >= 4 is 16.7 Å². The van der Waals surface area contributed by atoms with Gasteiger partial charge in [-0.05, 0) is 30.9 Å². The van der Waals surface area contributed by atoms with Crippen molar-refractivity contribution in [2.24, 2.45) is 5.92 Å². The minimum atomic E-state index is -0.290. The zero-order chi connectivity index (χ0) is 22.0. The Balaban J connectivity index is 1.34.